The number of hydrogen-bond donors (Lipinski definition) is 2. The molecule has 37 heavy (non-hydrogen) atoms. The molecular formula is C25H25F4N3O3S2. The lowest BCUT2D eigenvalue weighted by Crippen LogP contribution is -2.54. The minimum Gasteiger partial charge on any atom is -0.336 e. The summed E-state index contributed by atoms with van der Waals surface area (Å²) in [5, 5.41) is 10.7. The molecule has 0 bridgehead atoms. The Kier molecular flexibility index (Phi) is 7.88. The standard InChI is InChI=1S/C25H25F4N3O3S2/c26-18-5-3-17(4-6-18)22(25(28,29)36-20-9-7-19(27)8-10-20)31-21(14-37(34,35)13-16-1-2-16)23(33)32-24(15-30)11-12-24/h3-10,16,21-22,31H,1-2,11-14H2,(H,32,33)/t21?,22-/m1/s1. The Morgan fingerprint density at radius 1 is 1.08 bits per heavy atom. The van der Waals surface area contributed by atoms with Gasteiger partial charge >= 0.3 is 5.25 Å². The number of halogens is 4. The molecule has 2 saturated carbocycles. The molecule has 2 aromatic carbocycles. The Labute approximate surface area is 216 Å². The quantitative estimate of drug-likeness (QED) is 0.299. The predicted molar refractivity (Wildman–Crippen MR) is 130 cm³/mol. The summed E-state index contributed by atoms with van der Waals surface area (Å²) in [6.45, 7) is 0. The van der Waals surface area contributed by atoms with Gasteiger partial charge in [0.1, 0.15) is 29.3 Å². The third-order valence-electron chi connectivity index (χ3n) is 6.22. The topological polar surface area (TPSA) is 99.1 Å². The van der Waals surface area contributed by atoms with Crippen molar-refractivity contribution in [1.82, 2.24) is 10.6 Å². The molecule has 2 aromatic rings. The zero-order valence-electron chi connectivity index (χ0n) is 19.6. The van der Waals surface area contributed by atoms with Gasteiger partial charge in [0.2, 0.25) is 5.91 Å². The lowest BCUT2D eigenvalue weighted by molar-refractivity contribution is -0.123. The van der Waals surface area contributed by atoms with Crippen molar-refractivity contribution < 1.29 is 30.8 Å². The monoisotopic (exact) mass is 555 g/mol. The maximum absolute atomic E-state index is 15.7. The van der Waals surface area contributed by atoms with Crippen LogP contribution in [0.1, 0.15) is 37.3 Å². The third-order valence-corrected chi connectivity index (χ3v) is 9.06. The van der Waals surface area contributed by atoms with Crippen LogP contribution in [0.3, 0.4) is 0 Å². The SMILES string of the molecule is N#CC1(NC(=O)C(CS(=O)(=O)CC2CC2)N[C@H](c2ccc(F)cc2)C(F)(F)Sc2ccc(F)cc2)CC1. The van der Waals surface area contributed by atoms with Gasteiger partial charge in [-0.15, -0.1) is 0 Å². The van der Waals surface area contributed by atoms with Gasteiger partial charge in [-0.2, -0.15) is 14.0 Å². The molecule has 0 radical (unpaired) electrons. The van der Waals surface area contributed by atoms with Crippen molar-refractivity contribution in [2.45, 2.75) is 53.5 Å². The van der Waals surface area contributed by atoms with Crippen molar-refractivity contribution in [1.29, 1.82) is 5.26 Å². The summed E-state index contributed by atoms with van der Waals surface area (Å²) in [4.78, 5) is 13.2. The van der Waals surface area contributed by atoms with Gasteiger partial charge in [-0.1, -0.05) is 23.9 Å². The van der Waals surface area contributed by atoms with Crippen LogP contribution in [0, 0.1) is 28.9 Å². The van der Waals surface area contributed by atoms with Gasteiger partial charge in [0.25, 0.3) is 0 Å². The average Bonchev–Trinajstić information content (AvgIpc) is 3.76. The van der Waals surface area contributed by atoms with Crippen LogP contribution >= 0.6 is 11.8 Å². The first-order valence-electron chi connectivity index (χ1n) is 11.7. The lowest BCUT2D eigenvalue weighted by atomic mass is 10.1. The zero-order chi connectivity index (χ0) is 26.8. The number of amides is 1. The van der Waals surface area contributed by atoms with E-state index >= 15 is 8.78 Å². The van der Waals surface area contributed by atoms with E-state index in [1.807, 2.05) is 6.07 Å². The molecule has 0 aliphatic heterocycles. The van der Waals surface area contributed by atoms with Crippen LogP contribution in [0.15, 0.2) is 53.4 Å². The van der Waals surface area contributed by atoms with Gasteiger partial charge in [-0.3, -0.25) is 10.1 Å². The first kappa shape index (κ1) is 27.4. The molecule has 0 heterocycles. The van der Waals surface area contributed by atoms with Gasteiger partial charge in [0, 0.05) is 4.90 Å². The highest BCUT2D eigenvalue weighted by atomic mass is 32.2. The largest absolute Gasteiger partial charge is 0.336 e. The number of thioether (sulfide) groups is 1. The van der Waals surface area contributed by atoms with E-state index in [0.717, 1.165) is 49.2 Å². The van der Waals surface area contributed by atoms with Crippen LogP contribution in [0.25, 0.3) is 0 Å². The van der Waals surface area contributed by atoms with Gasteiger partial charge < -0.3 is 5.32 Å². The van der Waals surface area contributed by atoms with E-state index in [-0.39, 0.29) is 33.9 Å². The van der Waals surface area contributed by atoms with Crippen molar-refractivity contribution in [2.75, 3.05) is 11.5 Å². The van der Waals surface area contributed by atoms with E-state index in [1.54, 1.807) is 0 Å². The molecule has 198 valence electrons. The number of hydrogen-bond acceptors (Lipinski definition) is 6. The summed E-state index contributed by atoms with van der Waals surface area (Å²) in [5.41, 5.74) is -1.23. The Morgan fingerprint density at radius 2 is 1.65 bits per heavy atom. The van der Waals surface area contributed by atoms with Crippen molar-refractivity contribution in [3.8, 4) is 6.07 Å². The Hall–Kier alpha value is -2.62. The first-order chi connectivity index (χ1) is 17.4. The molecule has 2 aliphatic carbocycles. The first-order valence-corrected chi connectivity index (χ1v) is 14.3. The fourth-order valence-corrected chi connectivity index (χ4v) is 6.69. The summed E-state index contributed by atoms with van der Waals surface area (Å²) in [6.07, 6.45) is 2.22. The van der Waals surface area contributed by atoms with E-state index in [4.69, 9.17) is 0 Å². The van der Waals surface area contributed by atoms with Crippen LogP contribution in [0.5, 0.6) is 0 Å². The van der Waals surface area contributed by atoms with Crippen molar-refractivity contribution in [3.05, 3.63) is 65.7 Å². The molecule has 2 aliphatic rings. The maximum atomic E-state index is 15.7. The minimum absolute atomic E-state index is 0.0223. The molecule has 6 nitrogen and oxygen atoms in total. The summed E-state index contributed by atoms with van der Waals surface area (Å²) in [6, 6.07) is 7.04. The number of carbonyl (C=O) groups excluding carboxylic acids is 1. The van der Waals surface area contributed by atoms with E-state index in [2.05, 4.69) is 10.6 Å². The van der Waals surface area contributed by atoms with Gasteiger partial charge in [-0.05, 0) is 73.6 Å². The molecule has 0 saturated heterocycles. The molecule has 2 atom stereocenters. The number of rotatable bonds is 12. The summed E-state index contributed by atoms with van der Waals surface area (Å²) in [5.74, 6) is -3.08. The van der Waals surface area contributed by atoms with Crippen LogP contribution in [-0.4, -0.2) is 42.7 Å². The molecule has 0 aromatic heterocycles. The van der Waals surface area contributed by atoms with E-state index in [1.165, 1.54) is 12.1 Å². The van der Waals surface area contributed by atoms with Gasteiger partial charge in [0.15, 0.2) is 9.84 Å². The Bertz CT molecular complexity index is 1270. The van der Waals surface area contributed by atoms with Crippen LogP contribution in [0.2, 0.25) is 0 Å². The number of benzene rings is 2. The fourth-order valence-electron chi connectivity index (χ4n) is 3.84. The number of nitrogens with zero attached hydrogens (tertiary/aromatic N) is 1. The second-order valence-electron chi connectivity index (χ2n) is 9.53. The molecule has 2 fully saturated rings. The highest BCUT2D eigenvalue weighted by Gasteiger charge is 2.48. The second-order valence-corrected chi connectivity index (χ2v) is 12.9. The molecule has 4 rings (SSSR count). The number of sulfone groups is 1. The Morgan fingerprint density at radius 3 is 2.16 bits per heavy atom. The summed E-state index contributed by atoms with van der Waals surface area (Å²) < 4.78 is 84.0. The Balaban J connectivity index is 1.65. The molecular weight excluding hydrogens is 530 g/mol. The molecule has 1 unspecified atom stereocenters. The molecule has 0 spiro atoms. The normalized spacial score (nSPS) is 18.5. The molecule has 1 amide bonds. The van der Waals surface area contributed by atoms with Gasteiger partial charge in [-0.25, -0.2) is 17.2 Å². The summed E-state index contributed by atoms with van der Waals surface area (Å²) in [7, 11) is -3.81. The molecule has 12 heteroatoms. The van der Waals surface area contributed by atoms with E-state index < -0.39 is 56.0 Å². The summed E-state index contributed by atoms with van der Waals surface area (Å²) >= 11 is 0.0943. The van der Waals surface area contributed by atoms with E-state index in [9.17, 15) is 27.3 Å². The van der Waals surface area contributed by atoms with Crippen molar-refractivity contribution in [3.63, 3.8) is 0 Å². The number of nitrogens with one attached hydrogen (secondary N) is 2. The van der Waals surface area contributed by atoms with Crippen LogP contribution in [-0.2, 0) is 14.6 Å². The predicted octanol–water partition coefficient (Wildman–Crippen LogP) is 4.35. The average molecular weight is 556 g/mol. The van der Waals surface area contributed by atoms with Crippen molar-refractivity contribution >= 4 is 27.5 Å². The lowest BCUT2D eigenvalue weighted by Gasteiger charge is -2.31. The third kappa shape index (κ3) is 7.46. The van der Waals surface area contributed by atoms with Crippen LogP contribution < -0.4 is 10.6 Å². The number of carbonyl (C=O) groups is 1. The minimum atomic E-state index is -3.81. The second kappa shape index (κ2) is 10.6. The highest BCUT2D eigenvalue weighted by molar-refractivity contribution is 8.00. The smallest absolute Gasteiger partial charge is 0.317 e. The number of nitriles is 1. The van der Waals surface area contributed by atoms with Crippen molar-refractivity contribution in [2.24, 2.45) is 5.92 Å². The van der Waals surface area contributed by atoms with Crippen LogP contribution in [0.4, 0.5) is 17.6 Å². The fraction of sp³-hybridized carbons (Fsp3) is 0.440. The van der Waals surface area contributed by atoms with Gasteiger partial charge in [0.05, 0.1) is 17.6 Å². The number of alkyl halides is 2. The zero-order valence-corrected chi connectivity index (χ0v) is 21.2. The van der Waals surface area contributed by atoms with E-state index in [0.29, 0.717) is 12.8 Å². The molecule has 2 N–H and O–H groups in total. The highest BCUT2D eigenvalue weighted by Crippen LogP contribution is 2.45. The maximum Gasteiger partial charge on any atom is 0.317 e.